The predicted octanol–water partition coefficient (Wildman–Crippen LogP) is 3.52. The highest BCUT2D eigenvalue weighted by atomic mass is 35.5. The van der Waals surface area contributed by atoms with Crippen LogP contribution in [-0.4, -0.2) is 28.7 Å². The molecule has 3 amide bonds. The Morgan fingerprint density at radius 2 is 1.69 bits per heavy atom. The zero-order valence-corrected chi connectivity index (χ0v) is 15.6. The summed E-state index contributed by atoms with van der Waals surface area (Å²) in [5, 5.41) is 3.44. The maximum Gasteiger partial charge on any atom is 0.247 e. The van der Waals surface area contributed by atoms with Gasteiger partial charge in [0.2, 0.25) is 17.7 Å². The molecule has 0 aromatic heterocycles. The Morgan fingerprint density at radius 1 is 1.12 bits per heavy atom. The number of hydrogen-bond acceptors (Lipinski definition) is 3. The van der Waals surface area contributed by atoms with Gasteiger partial charge in [-0.05, 0) is 49.8 Å². The number of amides is 3. The fourth-order valence-electron chi connectivity index (χ4n) is 4.42. The van der Waals surface area contributed by atoms with E-state index < -0.39 is 11.9 Å². The van der Waals surface area contributed by atoms with Crippen molar-refractivity contribution >= 4 is 46.6 Å². The lowest BCUT2D eigenvalue weighted by Gasteiger charge is -2.38. The van der Waals surface area contributed by atoms with Crippen molar-refractivity contribution in [2.75, 3.05) is 5.32 Å². The number of hydrogen-bond donors (Lipinski definition) is 1. The van der Waals surface area contributed by atoms with Crippen molar-refractivity contribution in [3.8, 4) is 0 Å². The Balaban J connectivity index is 1.54. The largest absolute Gasteiger partial charge is 0.323 e. The predicted molar refractivity (Wildman–Crippen MR) is 98.7 cm³/mol. The summed E-state index contributed by atoms with van der Waals surface area (Å²) in [7, 11) is 0. The molecule has 1 aromatic carbocycles. The van der Waals surface area contributed by atoms with E-state index in [0.29, 0.717) is 15.7 Å². The standard InChI is InChI=1S/C19H18Cl2N2O3/c1-9(17(24)22-14-7-6-12(20)8-13(14)21)23-18(25)15-10-2-3-11(5-4-10)16(15)19(23)26/h2-3,6-11,15-16H,4-5H2,1H3,(H,22,24)/t9-,10+,11+,15-,16-/m1/s1. The van der Waals surface area contributed by atoms with E-state index in [1.165, 1.54) is 6.07 Å². The minimum absolute atomic E-state index is 0.104. The summed E-state index contributed by atoms with van der Waals surface area (Å²) < 4.78 is 0. The van der Waals surface area contributed by atoms with Gasteiger partial charge in [0.1, 0.15) is 6.04 Å². The van der Waals surface area contributed by atoms with Gasteiger partial charge in [-0.15, -0.1) is 0 Å². The summed E-state index contributed by atoms with van der Waals surface area (Å²) in [5.41, 5.74) is 0.395. The van der Waals surface area contributed by atoms with Crippen LogP contribution in [0.25, 0.3) is 0 Å². The van der Waals surface area contributed by atoms with Crippen molar-refractivity contribution in [2.45, 2.75) is 25.8 Å². The van der Waals surface area contributed by atoms with E-state index in [2.05, 4.69) is 17.5 Å². The number of fused-ring (bicyclic) bond motifs is 1. The number of imide groups is 1. The molecule has 5 nitrogen and oxygen atoms in total. The molecule has 26 heavy (non-hydrogen) atoms. The molecule has 3 aliphatic carbocycles. The van der Waals surface area contributed by atoms with Crippen LogP contribution in [0.2, 0.25) is 10.0 Å². The summed E-state index contributed by atoms with van der Waals surface area (Å²) in [4.78, 5) is 39.6. The highest BCUT2D eigenvalue weighted by molar-refractivity contribution is 6.36. The van der Waals surface area contributed by atoms with Crippen molar-refractivity contribution in [2.24, 2.45) is 23.7 Å². The third-order valence-electron chi connectivity index (χ3n) is 5.75. The van der Waals surface area contributed by atoms with Crippen LogP contribution in [0.15, 0.2) is 30.4 Å². The van der Waals surface area contributed by atoms with Gasteiger partial charge in [0.25, 0.3) is 0 Å². The van der Waals surface area contributed by atoms with Gasteiger partial charge in [-0.2, -0.15) is 0 Å². The number of anilines is 1. The molecule has 0 radical (unpaired) electrons. The van der Waals surface area contributed by atoms with Gasteiger partial charge in [0, 0.05) is 5.02 Å². The lowest BCUT2D eigenvalue weighted by Crippen LogP contribution is -2.46. The number of carbonyl (C=O) groups excluding carboxylic acids is 3. The van der Waals surface area contributed by atoms with Crippen molar-refractivity contribution in [1.82, 2.24) is 4.90 Å². The van der Waals surface area contributed by atoms with Crippen LogP contribution in [-0.2, 0) is 14.4 Å². The minimum atomic E-state index is -0.897. The molecule has 1 saturated carbocycles. The minimum Gasteiger partial charge on any atom is -0.323 e. The highest BCUT2D eigenvalue weighted by Crippen LogP contribution is 2.50. The van der Waals surface area contributed by atoms with E-state index in [4.69, 9.17) is 23.2 Å². The lowest BCUT2D eigenvalue weighted by molar-refractivity contribution is -0.146. The van der Waals surface area contributed by atoms with Crippen LogP contribution in [0.5, 0.6) is 0 Å². The number of likely N-dealkylation sites (tertiary alicyclic amines) is 1. The molecular weight excluding hydrogens is 375 g/mol. The van der Waals surface area contributed by atoms with Gasteiger partial charge >= 0.3 is 0 Å². The molecule has 5 rings (SSSR count). The van der Waals surface area contributed by atoms with E-state index in [0.717, 1.165) is 17.7 Å². The number of halogens is 2. The Labute approximate surface area is 161 Å². The van der Waals surface area contributed by atoms with Gasteiger partial charge in [0.05, 0.1) is 22.5 Å². The molecule has 1 N–H and O–H groups in total. The molecule has 1 aromatic rings. The molecule has 7 heteroatoms. The average Bonchev–Trinajstić information content (AvgIpc) is 2.91. The van der Waals surface area contributed by atoms with Gasteiger partial charge in [-0.1, -0.05) is 35.4 Å². The third-order valence-corrected chi connectivity index (χ3v) is 6.30. The summed E-state index contributed by atoms with van der Waals surface area (Å²) >= 11 is 11.9. The second-order valence-electron chi connectivity index (χ2n) is 7.18. The summed E-state index contributed by atoms with van der Waals surface area (Å²) in [6, 6.07) is 3.82. The first-order chi connectivity index (χ1) is 12.4. The van der Waals surface area contributed by atoms with Gasteiger partial charge in [-0.25, -0.2) is 0 Å². The van der Waals surface area contributed by atoms with Crippen molar-refractivity contribution in [3.05, 3.63) is 40.4 Å². The number of allylic oxidation sites excluding steroid dienone is 2. The molecule has 136 valence electrons. The van der Waals surface area contributed by atoms with Gasteiger partial charge < -0.3 is 5.32 Å². The quantitative estimate of drug-likeness (QED) is 0.631. The normalized spacial score (nSPS) is 30.5. The first kappa shape index (κ1) is 17.6. The Hall–Kier alpha value is -1.85. The molecule has 5 atom stereocenters. The van der Waals surface area contributed by atoms with E-state index in [1.807, 2.05) is 0 Å². The van der Waals surface area contributed by atoms with E-state index in [-0.39, 0.29) is 35.5 Å². The number of rotatable bonds is 3. The van der Waals surface area contributed by atoms with Crippen LogP contribution in [0, 0.1) is 23.7 Å². The maximum absolute atomic E-state index is 12.9. The molecular formula is C19H18Cl2N2O3. The topological polar surface area (TPSA) is 66.5 Å². The Bertz CT molecular complexity index is 806. The fourth-order valence-corrected chi connectivity index (χ4v) is 4.88. The van der Waals surface area contributed by atoms with Crippen LogP contribution < -0.4 is 5.32 Å². The first-order valence-corrected chi connectivity index (χ1v) is 9.45. The van der Waals surface area contributed by atoms with E-state index in [9.17, 15) is 14.4 Å². The van der Waals surface area contributed by atoms with Gasteiger partial charge in [0.15, 0.2) is 0 Å². The first-order valence-electron chi connectivity index (χ1n) is 8.69. The van der Waals surface area contributed by atoms with Crippen LogP contribution >= 0.6 is 23.2 Å². The molecule has 2 bridgehead atoms. The number of nitrogens with one attached hydrogen (secondary N) is 1. The second kappa shape index (κ2) is 6.39. The monoisotopic (exact) mass is 392 g/mol. The molecule has 0 unspecified atom stereocenters. The molecule has 1 aliphatic heterocycles. The summed E-state index contributed by atoms with van der Waals surface area (Å²) in [5.74, 6) is -1.34. The van der Waals surface area contributed by atoms with Gasteiger partial charge in [-0.3, -0.25) is 19.3 Å². The van der Waals surface area contributed by atoms with Crippen LogP contribution in [0.3, 0.4) is 0 Å². The molecule has 1 heterocycles. The lowest BCUT2D eigenvalue weighted by atomic mass is 9.63. The Kier molecular flexibility index (Phi) is 4.32. The van der Waals surface area contributed by atoms with E-state index >= 15 is 0 Å². The molecule has 4 aliphatic rings. The van der Waals surface area contributed by atoms with Crippen molar-refractivity contribution < 1.29 is 14.4 Å². The van der Waals surface area contributed by atoms with Crippen molar-refractivity contribution in [1.29, 1.82) is 0 Å². The zero-order chi connectivity index (χ0) is 18.6. The maximum atomic E-state index is 12.9. The average molecular weight is 393 g/mol. The zero-order valence-electron chi connectivity index (χ0n) is 14.1. The Morgan fingerprint density at radius 3 is 2.19 bits per heavy atom. The summed E-state index contributed by atoms with van der Waals surface area (Å²) in [6.07, 6.45) is 5.97. The third kappa shape index (κ3) is 2.65. The molecule has 0 spiro atoms. The summed E-state index contributed by atoms with van der Waals surface area (Å²) in [6.45, 7) is 1.57. The van der Waals surface area contributed by atoms with Crippen molar-refractivity contribution in [3.63, 3.8) is 0 Å². The van der Waals surface area contributed by atoms with Crippen LogP contribution in [0.1, 0.15) is 19.8 Å². The SMILES string of the molecule is C[C@H](C(=O)Nc1ccc(Cl)cc1Cl)N1C(=O)[C@H]2[C@H](C1=O)[C@H]1C=C[C@H]2CC1. The number of benzene rings is 1. The second-order valence-corrected chi connectivity index (χ2v) is 8.02. The molecule has 1 saturated heterocycles. The fraction of sp³-hybridized carbons (Fsp3) is 0.421. The highest BCUT2D eigenvalue weighted by Gasteiger charge is 2.58. The van der Waals surface area contributed by atoms with E-state index in [1.54, 1.807) is 19.1 Å². The van der Waals surface area contributed by atoms with Crippen LogP contribution in [0.4, 0.5) is 5.69 Å². The molecule has 2 fully saturated rings. The number of nitrogens with zero attached hydrogens (tertiary/aromatic N) is 1. The smallest absolute Gasteiger partial charge is 0.247 e. The number of carbonyl (C=O) groups is 3.